The second kappa shape index (κ2) is 6.73. The van der Waals surface area contributed by atoms with E-state index in [0.717, 1.165) is 31.6 Å². The minimum Gasteiger partial charge on any atom is -0.396 e. The summed E-state index contributed by atoms with van der Waals surface area (Å²) < 4.78 is 2.09. The topological polar surface area (TPSA) is 66.3 Å². The van der Waals surface area contributed by atoms with E-state index >= 15 is 0 Å². The lowest BCUT2D eigenvalue weighted by molar-refractivity contribution is 0.0921. The molecule has 0 radical (unpaired) electrons. The highest BCUT2D eigenvalue weighted by Gasteiger charge is 2.20. The smallest absolute Gasteiger partial charge is 0.268 e. The predicted molar refractivity (Wildman–Crippen MR) is 74.2 cm³/mol. The van der Waals surface area contributed by atoms with Crippen LogP contribution in [0.5, 0.6) is 0 Å². The zero-order valence-electron chi connectivity index (χ0n) is 11.4. The fourth-order valence-electron chi connectivity index (χ4n) is 2.55. The summed E-state index contributed by atoms with van der Waals surface area (Å²) in [6.07, 6.45) is 4.68. The van der Waals surface area contributed by atoms with Gasteiger partial charge in [0.1, 0.15) is 5.69 Å². The van der Waals surface area contributed by atoms with Crippen LogP contribution in [0.4, 0.5) is 0 Å². The van der Waals surface area contributed by atoms with Crippen molar-refractivity contribution in [3.8, 4) is 0 Å². The highest BCUT2D eigenvalue weighted by Crippen LogP contribution is 2.21. The largest absolute Gasteiger partial charge is 0.396 e. The van der Waals surface area contributed by atoms with Gasteiger partial charge in [0.15, 0.2) is 0 Å². The molecule has 106 valence electrons. The van der Waals surface area contributed by atoms with Crippen molar-refractivity contribution in [3.05, 3.63) is 24.0 Å². The molecule has 1 aromatic heterocycles. The van der Waals surface area contributed by atoms with Crippen molar-refractivity contribution in [2.45, 2.75) is 38.3 Å². The number of hydrogen-bond acceptors (Lipinski definition) is 3. The van der Waals surface area contributed by atoms with E-state index in [-0.39, 0.29) is 18.6 Å². The van der Waals surface area contributed by atoms with E-state index < -0.39 is 0 Å². The summed E-state index contributed by atoms with van der Waals surface area (Å²) >= 11 is 0. The summed E-state index contributed by atoms with van der Waals surface area (Å²) in [6, 6.07) is 4.19. The van der Waals surface area contributed by atoms with Gasteiger partial charge in [0.05, 0.1) is 0 Å². The van der Waals surface area contributed by atoms with Crippen molar-refractivity contribution < 1.29 is 9.90 Å². The fraction of sp³-hybridized carbons (Fsp3) is 0.643. The Balaban J connectivity index is 2.03. The molecular weight excluding hydrogens is 242 g/mol. The van der Waals surface area contributed by atoms with Crippen LogP contribution in [-0.4, -0.2) is 41.3 Å². The average molecular weight is 265 g/mol. The maximum absolute atomic E-state index is 12.2. The molecule has 1 aliphatic rings. The quantitative estimate of drug-likeness (QED) is 0.741. The first-order valence-electron chi connectivity index (χ1n) is 7.01. The van der Waals surface area contributed by atoms with Crippen molar-refractivity contribution in [3.63, 3.8) is 0 Å². The molecule has 5 nitrogen and oxygen atoms in total. The number of aliphatic hydroxyl groups is 1. The standard InChI is InChI=1S/C14H23N3O2/c1-11(6-10-18)16-14(19)13-3-2-9-17(13)12-4-7-15-8-5-12/h2-3,9,11-12,15,18H,4-8,10H2,1H3,(H,16,19). The van der Waals surface area contributed by atoms with Crippen molar-refractivity contribution in [2.75, 3.05) is 19.7 Å². The third-order valence-corrected chi connectivity index (χ3v) is 3.65. The number of nitrogens with zero attached hydrogens (tertiary/aromatic N) is 1. The molecule has 0 aliphatic carbocycles. The number of nitrogens with one attached hydrogen (secondary N) is 2. The van der Waals surface area contributed by atoms with Crippen LogP contribution in [0.1, 0.15) is 42.7 Å². The zero-order valence-corrected chi connectivity index (χ0v) is 11.4. The molecule has 1 unspecified atom stereocenters. The lowest BCUT2D eigenvalue weighted by Crippen LogP contribution is -2.36. The van der Waals surface area contributed by atoms with E-state index in [2.05, 4.69) is 15.2 Å². The van der Waals surface area contributed by atoms with Gasteiger partial charge in [-0.3, -0.25) is 4.79 Å². The van der Waals surface area contributed by atoms with Crippen LogP contribution in [0, 0.1) is 0 Å². The number of hydrogen-bond donors (Lipinski definition) is 3. The van der Waals surface area contributed by atoms with Gasteiger partial charge in [0, 0.05) is 24.9 Å². The molecule has 5 heteroatoms. The minimum atomic E-state index is -0.0514. The molecule has 19 heavy (non-hydrogen) atoms. The summed E-state index contributed by atoms with van der Waals surface area (Å²) in [6.45, 7) is 4.01. The van der Waals surface area contributed by atoms with Crippen LogP contribution in [0.25, 0.3) is 0 Å². The Kier molecular flexibility index (Phi) is 4.99. The molecule has 1 atom stereocenters. The van der Waals surface area contributed by atoms with Gasteiger partial charge in [-0.25, -0.2) is 0 Å². The number of carbonyl (C=O) groups is 1. The van der Waals surface area contributed by atoms with Gasteiger partial charge >= 0.3 is 0 Å². The molecule has 0 saturated carbocycles. The summed E-state index contributed by atoms with van der Waals surface area (Å²) in [7, 11) is 0. The SMILES string of the molecule is CC(CCO)NC(=O)c1cccn1C1CCNCC1. The lowest BCUT2D eigenvalue weighted by atomic mass is 10.1. The Morgan fingerprint density at radius 1 is 1.58 bits per heavy atom. The Morgan fingerprint density at radius 3 is 3.00 bits per heavy atom. The molecule has 1 aromatic rings. The maximum Gasteiger partial charge on any atom is 0.268 e. The van der Waals surface area contributed by atoms with Gasteiger partial charge < -0.3 is 20.3 Å². The predicted octanol–water partition coefficient (Wildman–Crippen LogP) is 0.913. The van der Waals surface area contributed by atoms with Crippen LogP contribution >= 0.6 is 0 Å². The van der Waals surface area contributed by atoms with E-state index in [0.29, 0.717) is 12.5 Å². The van der Waals surface area contributed by atoms with Crippen molar-refractivity contribution >= 4 is 5.91 Å². The molecule has 0 aromatic carbocycles. The maximum atomic E-state index is 12.2. The molecule has 1 aliphatic heterocycles. The molecule has 0 spiro atoms. The van der Waals surface area contributed by atoms with Crippen LogP contribution in [-0.2, 0) is 0 Å². The molecule has 1 saturated heterocycles. The van der Waals surface area contributed by atoms with Crippen LogP contribution < -0.4 is 10.6 Å². The van der Waals surface area contributed by atoms with E-state index in [4.69, 9.17) is 5.11 Å². The second-order valence-corrected chi connectivity index (χ2v) is 5.17. The van der Waals surface area contributed by atoms with Gasteiger partial charge in [-0.2, -0.15) is 0 Å². The molecular formula is C14H23N3O2. The molecule has 0 bridgehead atoms. The van der Waals surface area contributed by atoms with Gasteiger partial charge in [-0.1, -0.05) is 0 Å². The highest BCUT2D eigenvalue weighted by atomic mass is 16.3. The summed E-state index contributed by atoms with van der Waals surface area (Å²) in [5.74, 6) is -0.0514. The molecule has 1 fully saturated rings. The zero-order chi connectivity index (χ0) is 13.7. The Labute approximate surface area is 114 Å². The summed E-state index contributed by atoms with van der Waals surface area (Å²) in [4.78, 5) is 12.2. The third-order valence-electron chi connectivity index (χ3n) is 3.65. The van der Waals surface area contributed by atoms with E-state index in [9.17, 15) is 4.79 Å². The Bertz CT molecular complexity index is 411. The summed E-state index contributed by atoms with van der Waals surface area (Å²) in [5, 5.41) is 15.1. The van der Waals surface area contributed by atoms with Crippen molar-refractivity contribution in [1.82, 2.24) is 15.2 Å². The first kappa shape index (κ1) is 14.1. The molecule has 1 amide bonds. The van der Waals surface area contributed by atoms with Crippen molar-refractivity contribution in [2.24, 2.45) is 0 Å². The van der Waals surface area contributed by atoms with Crippen molar-refractivity contribution in [1.29, 1.82) is 0 Å². The van der Waals surface area contributed by atoms with Gasteiger partial charge in [-0.15, -0.1) is 0 Å². The van der Waals surface area contributed by atoms with Gasteiger partial charge in [-0.05, 0) is 51.4 Å². The number of aromatic nitrogens is 1. The Hall–Kier alpha value is -1.33. The third kappa shape index (κ3) is 3.58. The normalized spacial score (nSPS) is 18.2. The number of rotatable bonds is 5. The first-order valence-corrected chi connectivity index (χ1v) is 7.01. The monoisotopic (exact) mass is 265 g/mol. The van der Waals surface area contributed by atoms with E-state index in [1.54, 1.807) is 0 Å². The van der Waals surface area contributed by atoms with Crippen LogP contribution in [0.3, 0.4) is 0 Å². The second-order valence-electron chi connectivity index (χ2n) is 5.17. The van der Waals surface area contributed by atoms with Gasteiger partial charge in [0.25, 0.3) is 5.91 Å². The average Bonchev–Trinajstić information content (AvgIpc) is 2.89. The minimum absolute atomic E-state index is 0.00567. The number of carbonyl (C=O) groups excluding carboxylic acids is 1. The van der Waals surface area contributed by atoms with Crippen LogP contribution in [0.15, 0.2) is 18.3 Å². The number of piperidine rings is 1. The molecule has 3 N–H and O–H groups in total. The summed E-state index contributed by atoms with van der Waals surface area (Å²) in [5.41, 5.74) is 0.719. The molecule has 2 rings (SSSR count). The fourth-order valence-corrected chi connectivity index (χ4v) is 2.55. The van der Waals surface area contributed by atoms with E-state index in [1.165, 1.54) is 0 Å². The number of aliphatic hydroxyl groups excluding tert-OH is 1. The van der Waals surface area contributed by atoms with Gasteiger partial charge in [0.2, 0.25) is 0 Å². The first-order chi connectivity index (χ1) is 9.22. The van der Waals surface area contributed by atoms with E-state index in [1.807, 2.05) is 25.3 Å². The number of amides is 1. The van der Waals surface area contributed by atoms with Crippen LogP contribution in [0.2, 0.25) is 0 Å². The highest BCUT2D eigenvalue weighted by molar-refractivity contribution is 5.93. The lowest BCUT2D eigenvalue weighted by Gasteiger charge is -2.26. The molecule has 2 heterocycles. The Morgan fingerprint density at radius 2 is 2.32 bits per heavy atom.